The van der Waals surface area contributed by atoms with Crippen LogP contribution < -0.4 is 16.1 Å². The van der Waals surface area contributed by atoms with Crippen LogP contribution in [0.4, 0.5) is 8.78 Å². The van der Waals surface area contributed by atoms with Gasteiger partial charge in [0.05, 0.1) is 6.33 Å². The average Bonchev–Trinajstić information content (AvgIpc) is 3.19. The molecule has 2 aromatic rings. The van der Waals surface area contributed by atoms with Crippen LogP contribution in [-0.4, -0.2) is 50.5 Å². The monoisotopic (exact) mass is 457 g/mol. The van der Waals surface area contributed by atoms with Crippen molar-refractivity contribution >= 4 is 17.7 Å². The van der Waals surface area contributed by atoms with Gasteiger partial charge in [-0.15, -0.1) is 0 Å². The van der Waals surface area contributed by atoms with Gasteiger partial charge in [0.2, 0.25) is 5.91 Å². The SMILES string of the molecule is CC(=O)NC(C)(C(F)F)[C@H](NC(=O)c1ccc(C#CC#Cc2cn(C)cn2)cc1)C(=O)NO. The molecular formula is C22H21F2N5O4. The summed E-state index contributed by atoms with van der Waals surface area (Å²) < 4.78 is 29.1. The highest BCUT2D eigenvalue weighted by atomic mass is 19.3. The smallest absolute Gasteiger partial charge is 0.268 e. The van der Waals surface area contributed by atoms with Crippen LogP contribution in [0.2, 0.25) is 0 Å². The second-order valence-corrected chi connectivity index (χ2v) is 7.15. The first-order valence-corrected chi connectivity index (χ1v) is 9.48. The molecule has 1 aromatic carbocycles. The number of alkyl halides is 2. The maximum absolute atomic E-state index is 13.7. The minimum absolute atomic E-state index is 0.0373. The van der Waals surface area contributed by atoms with E-state index in [9.17, 15) is 23.2 Å². The van der Waals surface area contributed by atoms with Crippen molar-refractivity contribution in [2.24, 2.45) is 7.05 Å². The van der Waals surface area contributed by atoms with Crippen molar-refractivity contribution in [3.63, 3.8) is 0 Å². The van der Waals surface area contributed by atoms with Gasteiger partial charge in [0, 0.05) is 31.3 Å². The summed E-state index contributed by atoms with van der Waals surface area (Å²) in [5, 5.41) is 13.0. The van der Waals surface area contributed by atoms with Crippen molar-refractivity contribution in [2.45, 2.75) is 31.9 Å². The Morgan fingerprint density at radius 3 is 2.30 bits per heavy atom. The van der Waals surface area contributed by atoms with Crippen LogP contribution in [-0.2, 0) is 16.6 Å². The largest absolute Gasteiger partial charge is 0.343 e. The van der Waals surface area contributed by atoms with Crippen LogP contribution in [0.25, 0.3) is 0 Å². The molecule has 0 saturated carbocycles. The van der Waals surface area contributed by atoms with E-state index in [0.29, 0.717) is 11.3 Å². The number of carbonyl (C=O) groups excluding carboxylic acids is 3. The molecule has 0 aliphatic heterocycles. The Bertz CT molecular complexity index is 1160. The van der Waals surface area contributed by atoms with E-state index in [0.717, 1.165) is 13.8 Å². The van der Waals surface area contributed by atoms with Gasteiger partial charge in [-0.05, 0) is 49.0 Å². The van der Waals surface area contributed by atoms with Crippen molar-refractivity contribution in [2.75, 3.05) is 0 Å². The molecule has 3 amide bonds. The molecule has 0 spiro atoms. The van der Waals surface area contributed by atoms with E-state index < -0.39 is 35.7 Å². The molecule has 172 valence electrons. The second kappa shape index (κ2) is 10.9. The number of hydrogen-bond acceptors (Lipinski definition) is 5. The normalized spacial score (nSPS) is 12.8. The Morgan fingerprint density at radius 1 is 1.15 bits per heavy atom. The topological polar surface area (TPSA) is 125 Å². The first-order chi connectivity index (χ1) is 15.6. The fraction of sp³-hybridized carbons (Fsp3) is 0.273. The predicted octanol–water partition coefficient (Wildman–Crippen LogP) is 0.587. The number of rotatable bonds is 6. The van der Waals surface area contributed by atoms with Gasteiger partial charge < -0.3 is 15.2 Å². The molecule has 4 N–H and O–H groups in total. The lowest BCUT2D eigenvalue weighted by Gasteiger charge is -2.36. The van der Waals surface area contributed by atoms with Crippen LogP contribution in [0.15, 0.2) is 36.8 Å². The molecule has 9 nitrogen and oxygen atoms in total. The van der Waals surface area contributed by atoms with Crippen molar-refractivity contribution in [1.29, 1.82) is 0 Å². The van der Waals surface area contributed by atoms with Crippen LogP contribution in [0, 0.1) is 23.7 Å². The number of benzene rings is 1. The number of carbonyl (C=O) groups is 3. The number of nitrogens with zero attached hydrogens (tertiary/aromatic N) is 2. The molecular weight excluding hydrogens is 436 g/mol. The fourth-order valence-corrected chi connectivity index (χ4v) is 2.78. The standard InChI is InChI=1S/C22H21F2N5O4/c1-14(30)27-22(2,21(23)24)18(20(32)28-33)26-19(31)16-10-8-15(9-11-16)6-4-5-7-17-12-29(3)13-25-17/h8-13,18,21,33H,1-3H3,(H,26,31)(H,27,30)(H,28,32)/t18-,22?/m1/s1. The summed E-state index contributed by atoms with van der Waals surface area (Å²) in [6.07, 6.45) is 0.0989. The van der Waals surface area contributed by atoms with Gasteiger partial charge in [0.25, 0.3) is 18.2 Å². The molecule has 0 aliphatic rings. The van der Waals surface area contributed by atoms with Gasteiger partial charge in [0.15, 0.2) is 0 Å². The van der Waals surface area contributed by atoms with E-state index in [-0.39, 0.29) is 5.56 Å². The highest BCUT2D eigenvalue weighted by Crippen LogP contribution is 2.21. The van der Waals surface area contributed by atoms with Crippen molar-refractivity contribution < 1.29 is 28.4 Å². The highest BCUT2D eigenvalue weighted by molar-refractivity contribution is 5.98. The van der Waals surface area contributed by atoms with Gasteiger partial charge in [-0.3, -0.25) is 19.6 Å². The van der Waals surface area contributed by atoms with Gasteiger partial charge in [-0.2, -0.15) is 0 Å². The third-order valence-corrected chi connectivity index (χ3v) is 4.46. The maximum atomic E-state index is 13.7. The number of aromatic nitrogens is 2. The molecule has 0 aliphatic carbocycles. The van der Waals surface area contributed by atoms with Gasteiger partial charge in [0.1, 0.15) is 17.3 Å². The van der Waals surface area contributed by atoms with Gasteiger partial charge in [-0.1, -0.05) is 5.92 Å². The summed E-state index contributed by atoms with van der Waals surface area (Å²) in [4.78, 5) is 40.0. The van der Waals surface area contributed by atoms with Crippen molar-refractivity contribution in [3.8, 4) is 23.7 Å². The Labute approximate surface area is 188 Å². The molecule has 0 fully saturated rings. The molecule has 11 heteroatoms. The molecule has 0 saturated heterocycles. The Kier molecular flexibility index (Phi) is 8.26. The summed E-state index contributed by atoms with van der Waals surface area (Å²) >= 11 is 0. The number of nitrogens with one attached hydrogen (secondary N) is 3. The van der Waals surface area contributed by atoms with Crippen LogP contribution in [0.1, 0.15) is 35.5 Å². The lowest BCUT2D eigenvalue weighted by Crippen LogP contribution is -2.68. The van der Waals surface area contributed by atoms with Crippen LogP contribution >= 0.6 is 0 Å². The third-order valence-electron chi connectivity index (χ3n) is 4.46. The van der Waals surface area contributed by atoms with Crippen molar-refractivity contribution in [1.82, 2.24) is 25.7 Å². The minimum Gasteiger partial charge on any atom is -0.343 e. The number of hydrogen-bond donors (Lipinski definition) is 4. The van der Waals surface area contributed by atoms with Gasteiger partial charge in [-0.25, -0.2) is 19.2 Å². The average molecular weight is 457 g/mol. The first-order valence-electron chi connectivity index (χ1n) is 9.48. The summed E-state index contributed by atoms with van der Waals surface area (Å²) in [5.74, 6) is 7.80. The molecule has 1 unspecified atom stereocenters. The lowest BCUT2D eigenvalue weighted by molar-refractivity contribution is -0.137. The van der Waals surface area contributed by atoms with Crippen LogP contribution in [0.3, 0.4) is 0 Å². The van der Waals surface area contributed by atoms with Crippen LogP contribution in [0.5, 0.6) is 0 Å². The lowest BCUT2D eigenvalue weighted by atomic mass is 9.91. The molecule has 2 atom stereocenters. The quantitative estimate of drug-likeness (QED) is 0.287. The molecule has 33 heavy (non-hydrogen) atoms. The minimum atomic E-state index is -3.24. The Morgan fingerprint density at radius 2 is 1.79 bits per heavy atom. The van der Waals surface area contributed by atoms with E-state index in [1.165, 1.54) is 29.7 Å². The van der Waals surface area contributed by atoms with E-state index in [2.05, 4.69) is 34.0 Å². The van der Waals surface area contributed by atoms with Gasteiger partial charge >= 0.3 is 0 Å². The summed E-state index contributed by atoms with van der Waals surface area (Å²) in [5.41, 5.74) is -0.116. The fourth-order valence-electron chi connectivity index (χ4n) is 2.78. The summed E-state index contributed by atoms with van der Waals surface area (Å²) in [6.45, 7) is 1.86. The summed E-state index contributed by atoms with van der Waals surface area (Å²) in [7, 11) is 1.81. The first kappa shape index (κ1) is 25.0. The summed E-state index contributed by atoms with van der Waals surface area (Å²) in [6, 6.07) is 3.78. The zero-order valence-corrected chi connectivity index (χ0v) is 17.9. The zero-order chi connectivity index (χ0) is 24.6. The zero-order valence-electron chi connectivity index (χ0n) is 17.9. The molecule has 1 heterocycles. The number of aryl methyl sites for hydroxylation is 1. The van der Waals surface area contributed by atoms with E-state index in [1.807, 2.05) is 12.4 Å². The highest BCUT2D eigenvalue weighted by Gasteiger charge is 2.48. The number of hydroxylamine groups is 1. The number of halogens is 2. The molecule has 0 radical (unpaired) electrons. The number of imidazole rings is 1. The Hall–Kier alpha value is -4.22. The number of amides is 3. The Balaban J connectivity index is 2.17. The second-order valence-electron chi connectivity index (χ2n) is 7.15. The molecule has 1 aromatic heterocycles. The van der Waals surface area contributed by atoms with E-state index in [4.69, 9.17) is 5.21 Å². The van der Waals surface area contributed by atoms with E-state index in [1.54, 1.807) is 17.1 Å². The molecule has 2 rings (SSSR count). The predicted molar refractivity (Wildman–Crippen MR) is 113 cm³/mol. The maximum Gasteiger partial charge on any atom is 0.268 e. The van der Waals surface area contributed by atoms with Crippen molar-refractivity contribution in [3.05, 3.63) is 53.6 Å². The van der Waals surface area contributed by atoms with E-state index >= 15 is 0 Å². The molecule has 0 bridgehead atoms. The third kappa shape index (κ3) is 6.63.